The number of hydrogen-bond donors (Lipinski definition) is 2. The summed E-state index contributed by atoms with van der Waals surface area (Å²) in [6, 6.07) is -0.282. The molecule has 0 bridgehead atoms. The molecule has 1 aliphatic rings. The van der Waals surface area contributed by atoms with Gasteiger partial charge in [0.2, 0.25) is 0 Å². The van der Waals surface area contributed by atoms with Crippen molar-refractivity contribution in [3.8, 4) is 0 Å². The maximum absolute atomic E-state index is 11.9. The number of alkyl halides is 2. The Hall–Kier alpha value is -0.710. The summed E-state index contributed by atoms with van der Waals surface area (Å²) in [7, 11) is 0. The highest BCUT2D eigenvalue weighted by Crippen LogP contribution is 2.24. The van der Waals surface area contributed by atoms with Gasteiger partial charge < -0.3 is 10.4 Å². The second-order valence-corrected chi connectivity index (χ2v) is 3.64. The molecule has 0 aromatic rings. The van der Waals surface area contributed by atoms with Crippen LogP contribution in [-0.2, 0) is 4.79 Å². The molecule has 1 fully saturated rings. The van der Waals surface area contributed by atoms with E-state index in [1.807, 2.05) is 0 Å². The first-order valence-electron chi connectivity index (χ1n) is 4.84. The van der Waals surface area contributed by atoms with Crippen molar-refractivity contribution >= 4 is 5.91 Å². The number of aliphatic hydroxyl groups excluding tert-OH is 1. The van der Waals surface area contributed by atoms with E-state index in [2.05, 4.69) is 5.32 Å². The fourth-order valence-electron chi connectivity index (χ4n) is 1.86. The minimum absolute atomic E-state index is 0.0474. The second-order valence-electron chi connectivity index (χ2n) is 3.64. The maximum Gasteiger partial charge on any atom is 0.315 e. The van der Waals surface area contributed by atoms with Crippen LogP contribution < -0.4 is 5.32 Å². The quantitative estimate of drug-likeness (QED) is 0.723. The van der Waals surface area contributed by atoms with Gasteiger partial charge in [0.25, 0.3) is 5.91 Å². The molecule has 1 rings (SSSR count). The van der Waals surface area contributed by atoms with Gasteiger partial charge in [-0.15, -0.1) is 0 Å². The topological polar surface area (TPSA) is 49.3 Å². The number of amides is 1. The van der Waals surface area contributed by atoms with Gasteiger partial charge in [-0.25, -0.2) is 0 Å². The number of carbonyl (C=O) groups is 1. The molecule has 0 radical (unpaired) electrons. The SMILES string of the molecule is O=C(NC1CCCCC1CO)C(F)F. The lowest BCUT2D eigenvalue weighted by atomic mass is 9.85. The fraction of sp³-hybridized carbons (Fsp3) is 0.889. The van der Waals surface area contributed by atoms with Gasteiger partial charge in [0.1, 0.15) is 0 Å². The highest BCUT2D eigenvalue weighted by Gasteiger charge is 2.28. The van der Waals surface area contributed by atoms with Crippen LogP contribution in [0.3, 0.4) is 0 Å². The molecule has 2 unspecified atom stereocenters. The van der Waals surface area contributed by atoms with Crippen molar-refractivity contribution in [1.29, 1.82) is 0 Å². The predicted molar refractivity (Wildman–Crippen MR) is 47.0 cm³/mol. The predicted octanol–water partition coefficient (Wildman–Crippen LogP) is 0.919. The minimum atomic E-state index is -2.96. The van der Waals surface area contributed by atoms with Gasteiger partial charge in [-0.1, -0.05) is 12.8 Å². The Labute approximate surface area is 81.5 Å². The van der Waals surface area contributed by atoms with E-state index in [1.165, 1.54) is 0 Å². The first-order chi connectivity index (χ1) is 6.65. The Morgan fingerprint density at radius 1 is 1.43 bits per heavy atom. The standard InChI is InChI=1S/C9H15F2NO2/c10-8(11)9(14)12-7-4-2-1-3-6(7)5-13/h6-8,13H,1-5H2,(H,12,14). The summed E-state index contributed by atoms with van der Waals surface area (Å²) in [5.41, 5.74) is 0. The fourth-order valence-corrected chi connectivity index (χ4v) is 1.86. The van der Waals surface area contributed by atoms with Crippen molar-refractivity contribution in [3.05, 3.63) is 0 Å². The number of rotatable bonds is 3. The van der Waals surface area contributed by atoms with E-state index in [4.69, 9.17) is 5.11 Å². The molecule has 1 saturated carbocycles. The zero-order valence-electron chi connectivity index (χ0n) is 7.88. The number of carbonyl (C=O) groups excluding carboxylic acids is 1. The van der Waals surface area contributed by atoms with Crippen molar-refractivity contribution in [2.45, 2.75) is 38.2 Å². The van der Waals surface area contributed by atoms with Crippen LogP contribution in [0.1, 0.15) is 25.7 Å². The van der Waals surface area contributed by atoms with E-state index in [1.54, 1.807) is 0 Å². The van der Waals surface area contributed by atoms with Crippen molar-refractivity contribution in [2.24, 2.45) is 5.92 Å². The summed E-state index contributed by atoms with van der Waals surface area (Å²) in [5, 5.41) is 11.2. The van der Waals surface area contributed by atoms with E-state index in [0.717, 1.165) is 19.3 Å². The van der Waals surface area contributed by atoms with Crippen LogP contribution in [0.5, 0.6) is 0 Å². The Kier molecular flexibility index (Phi) is 4.25. The molecule has 0 aliphatic heterocycles. The molecule has 0 heterocycles. The van der Waals surface area contributed by atoms with Gasteiger partial charge in [-0.3, -0.25) is 4.79 Å². The maximum atomic E-state index is 11.9. The number of aliphatic hydroxyl groups is 1. The van der Waals surface area contributed by atoms with E-state index >= 15 is 0 Å². The van der Waals surface area contributed by atoms with E-state index in [0.29, 0.717) is 6.42 Å². The Morgan fingerprint density at radius 3 is 2.64 bits per heavy atom. The third kappa shape index (κ3) is 2.90. The summed E-state index contributed by atoms with van der Waals surface area (Å²) >= 11 is 0. The van der Waals surface area contributed by atoms with Crippen LogP contribution in [0, 0.1) is 5.92 Å². The van der Waals surface area contributed by atoms with Gasteiger partial charge in [-0.05, 0) is 12.8 Å². The first kappa shape index (κ1) is 11.4. The van der Waals surface area contributed by atoms with Crippen molar-refractivity contribution in [3.63, 3.8) is 0 Å². The molecular weight excluding hydrogens is 192 g/mol. The lowest BCUT2D eigenvalue weighted by Gasteiger charge is -2.30. The molecule has 0 aromatic heterocycles. The van der Waals surface area contributed by atoms with Crippen molar-refractivity contribution in [1.82, 2.24) is 5.32 Å². The van der Waals surface area contributed by atoms with Gasteiger partial charge in [0, 0.05) is 18.6 Å². The smallest absolute Gasteiger partial charge is 0.315 e. The first-order valence-corrected chi connectivity index (χ1v) is 4.84. The highest BCUT2D eigenvalue weighted by atomic mass is 19.3. The van der Waals surface area contributed by atoms with Crippen LogP contribution in [0.2, 0.25) is 0 Å². The molecule has 82 valence electrons. The summed E-state index contributed by atoms with van der Waals surface area (Å²) in [6.07, 6.45) is 0.432. The summed E-state index contributed by atoms with van der Waals surface area (Å²) in [6.45, 7) is -0.0474. The summed E-state index contributed by atoms with van der Waals surface area (Å²) < 4.78 is 23.9. The number of hydrogen-bond acceptors (Lipinski definition) is 2. The Balaban J connectivity index is 2.44. The Bertz CT molecular complexity index is 199. The second kappa shape index (κ2) is 5.24. The molecule has 5 heteroatoms. The van der Waals surface area contributed by atoms with Crippen LogP contribution >= 0.6 is 0 Å². The van der Waals surface area contributed by atoms with Crippen LogP contribution in [0.25, 0.3) is 0 Å². The van der Waals surface area contributed by atoms with Crippen LogP contribution in [0.15, 0.2) is 0 Å². The molecule has 0 aromatic carbocycles. The van der Waals surface area contributed by atoms with Crippen LogP contribution in [0.4, 0.5) is 8.78 Å². The lowest BCUT2D eigenvalue weighted by Crippen LogP contribution is -2.45. The van der Waals surface area contributed by atoms with Gasteiger partial charge >= 0.3 is 6.43 Å². The molecule has 2 N–H and O–H groups in total. The van der Waals surface area contributed by atoms with E-state index < -0.39 is 12.3 Å². The number of nitrogens with one attached hydrogen (secondary N) is 1. The third-order valence-corrected chi connectivity index (χ3v) is 2.67. The molecule has 3 nitrogen and oxygen atoms in total. The minimum Gasteiger partial charge on any atom is -0.396 e. The molecule has 1 amide bonds. The highest BCUT2D eigenvalue weighted by molar-refractivity contribution is 5.79. The molecule has 14 heavy (non-hydrogen) atoms. The average molecular weight is 207 g/mol. The zero-order valence-corrected chi connectivity index (χ0v) is 7.88. The molecule has 2 atom stereocenters. The molecule has 1 aliphatic carbocycles. The molecule has 0 spiro atoms. The van der Waals surface area contributed by atoms with Crippen molar-refractivity contribution in [2.75, 3.05) is 6.61 Å². The normalized spacial score (nSPS) is 27.7. The monoisotopic (exact) mass is 207 g/mol. The Morgan fingerprint density at radius 2 is 2.07 bits per heavy atom. The zero-order chi connectivity index (χ0) is 10.6. The van der Waals surface area contributed by atoms with Crippen LogP contribution in [-0.4, -0.2) is 30.1 Å². The van der Waals surface area contributed by atoms with Gasteiger partial charge in [0.15, 0.2) is 0 Å². The number of halogens is 2. The van der Waals surface area contributed by atoms with Crippen molar-refractivity contribution < 1.29 is 18.7 Å². The third-order valence-electron chi connectivity index (χ3n) is 2.67. The van der Waals surface area contributed by atoms with E-state index in [-0.39, 0.29) is 18.6 Å². The largest absolute Gasteiger partial charge is 0.396 e. The molecular formula is C9H15F2NO2. The van der Waals surface area contributed by atoms with E-state index in [9.17, 15) is 13.6 Å². The van der Waals surface area contributed by atoms with Gasteiger partial charge in [-0.2, -0.15) is 8.78 Å². The van der Waals surface area contributed by atoms with Gasteiger partial charge in [0.05, 0.1) is 0 Å². The summed E-state index contributed by atoms with van der Waals surface area (Å²) in [5.74, 6) is -1.29. The molecule has 0 saturated heterocycles. The average Bonchev–Trinajstić information content (AvgIpc) is 2.18. The summed E-state index contributed by atoms with van der Waals surface area (Å²) in [4.78, 5) is 10.7. The lowest BCUT2D eigenvalue weighted by molar-refractivity contribution is -0.133.